The molecule has 0 spiro atoms. The van der Waals surface area contributed by atoms with E-state index in [-0.39, 0.29) is 23.5 Å². The number of aliphatic hydroxyl groups excluding tert-OH is 2. The molecule has 1 aromatic carbocycles. The van der Waals surface area contributed by atoms with Gasteiger partial charge in [0.2, 0.25) is 0 Å². The van der Waals surface area contributed by atoms with E-state index in [1.54, 1.807) is 6.20 Å². The average Bonchev–Trinajstić information content (AvgIpc) is 3.91. The standard InChI is InChI=1S/C31H41FN2O2.C10H22O.C2H6/c1-10-19(6)21(8)26(20(7)18(4)5)22(9)27-23(11-2)25(16-35)24-15-33-30(34-29(24)28(27)32)36-17-31(12-3)13-14-31;1-4-7-10(5-2,6-3)8-9-11;1-2/h10,15,35H,9,11-14,16-17H2,1-8H3;11H,4-9H2,1-3H3;1-2H3/b19-10-,26-21-;;. The van der Waals surface area contributed by atoms with Gasteiger partial charge in [-0.05, 0) is 119 Å². The van der Waals surface area contributed by atoms with Crippen LogP contribution in [0.2, 0.25) is 0 Å². The van der Waals surface area contributed by atoms with Crippen LogP contribution < -0.4 is 4.74 Å². The fraction of sp³-hybridized carbons (Fsp3) is 0.628. The first-order valence-corrected chi connectivity index (χ1v) is 18.8. The van der Waals surface area contributed by atoms with Crippen molar-refractivity contribution in [1.82, 2.24) is 9.97 Å². The van der Waals surface area contributed by atoms with Gasteiger partial charge in [-0.1, -0.05) is 91.5 Å². The number of ether oxygens (including phenoxy) is 1. The average molecular weight is 681 g/mol. The third-order valence-corrected chi connectivity index (χ3v) is 11.0. The molecule has 49 heavy (non-hydrogen) atoms. The van der Waals surface area contributed by atoms with Crippen molar-refractivity contribution in [3.63, 3.8) is 0 Å². The molecule has 0 atom stereocenters. The van der Waals surface area contributed by atoms with Gasteiger partial charge in [-0.25, -0.2) is 9.37 Å². The van der Waals surface area contributed by atoms with Gasteiger partial charge in [0.05, 0.1) is 13.2 Å². The summed E-state index contributed by atoms with van der Waals surface area (Å²) in [6.07, 6.45) is 13.4. The van der Waals surface area contributed by atoms with Crippen molar-refractivity contribution < 1.29 is 19.3 Å². The summed E-state index contributed by atoms with van der Waals surface area (Å²) in [7, 11) is 0. The molecular weight excluding hydrogens is 611 g/mol. The Kier molecular flexibility index (Phi) is 18.7. The molecule has 5 nitrogen and oxygen atoms in total. The predicted molar refractivity (Wildman–Crippen MR) is 208 cm³/mol. The van der Waals surface area contributed by atoms with Crippen molar-refractivity contribution in [2.24, 2.45) is 10.8 Å². The molecule has 2 aromatic rings. The Morgan fingerprint density at radius 1 is 0.980 bits per heavy atom. The van der Waals surface area contributed by atoms with Crippen LogP contribution in [0.25, 0.3) is 16.5 Å². The van der Waals surface area contributed by atoms with Gasteiger partial charge in [0.15, 0.2) is 5.82 Å². The molecule has 0 saturated heterocycles. The van der Waals surface area contributed by atoms with Crippen molar-refractivity contribution >= 4 is 16.5 Å². The molecule has 0 radical (unpaired) electrons. The van der Waals surface area contributed by atoms with E-state index in [0.29, 0.717) is 47.1 Å². The normalized spacial score (nSPS) is 14.2. The molecule has 1 heterocycles. The monoisotopic (exact) mass is 681 g/mol. The van der Waals surface area contributed by atoms with E-state index in [0.717, 1.165) is 59.1 Å². The summed E-state index contributed by atoms with van der Waals surface area (Å²) in [4.78, 5) is 8.87. The molecule has 0 unspecified atom stereocenters. The summed E-state index contributed by atoms with van der Waals surface area (Å²) >= 11 is 0. The fourth-order valence-corrected chi connectivity index (χ4v) is 6.64. The molecule has 0 amide bonds. The van der Waals surface area contributed by atoms with Gasteiger partial charge >= 0.3 is 6.01 Å². The van der Waals surface area contributed by atoms with Crippen LogP contribution in [0.15, 0.2) is 46.7 Å². The quantitative estimate of drug-likeness (QED) is 0.173. The van der Waals surface area contributed by atoms with E-state index in [1.165, 1.54) is 25.7 Å². The summed E-state index contributed by atoms with van der Waals surface area (Å²) in [5.74, 6) is -0.446. The molecule has 1 saturated carbocycles. The van der Waals surface area contributed by atoms with Crippen LogP contribution in [0.1, 0.15) is 158 Å². The largest absolute Gasteiger partial charge is 0.463 e. The Hall–Kier alpha value is -2.83. The fourth-order valence-electron chi connectivity index (χ4n) is 6.64. The summed E-state index contributed by atoms with van der Waals surface area (Å²) in [6.45, 7) is 32.1. The van der Waals surface area contributed by atoms with Crippen molar-refractivity contribution in [3.8, 4) is 6.01 Å². The number of halogens is 1. The van der Waals surface area contributed by atoms with E-state index >= 15 is 4.39 Å². The van der Waals surface area contributed by atoms with Crippen LogP contribution in [0.4, 0.5) is 4.39 Å². The van der Waals surface area contributed by atoms with Gasteiger partial charge in [-0.15, -0.1) is 0 Å². The van der Waals surface area contributed by atoms with Gasteiger partial charge < -0.3 is 14.9 Å². The van der Waals surface area contributed by atoms with Crippen LogP contribution in [0.5, 0.6) is 6.01 Å². The van der Waals surface area contributed by atoms with Crippen LogP contribution in [0, 0.1) is 16.6 Å². The minimum absolute atomic E-state index is 0.161. The number of rotatable bonds is 16. The topological polar surface area (TPSA) is 75.5 Å². The van der Waals surface area contributed by atoms with Crippen molar-refractivity contribution in [3.05, 3.63) is 69.2 Å². The number of aromatic nitrogens is 2. The number of hydrogen-bond acceptors (Lipinski definition) is 5. The minimum Gasteiger partial charge on any atom is -0.463 e. The van der Waals surface area contributed by atoms with E-state index in [1.807, 2.05) is 27.7 Å². The molecule has 1 aromatic heterocycles. The number of benzene rings is 1. The van der Waals surface area contributed by atoms with Crippen molar-refractivity contribution in [2.75, 3.05) is 13.2 Å². The maximum Gasteiger partial charge on any atom is 0.317 e. The smallest absolute Gasteiger partial charge is 0.317 e. The molecule has 276 valence electrons. The Morgan fingerprint density at radius 3 is 2.02 bits per heavy atom. The van der Waals surface area contributed by atoms with Crippen LogP contribution in [0.3, 0.4) is 0 Å². The number of hydrogen-bond donors (Lipinski definition) is 2. The lowest BCUT2D eigenvalue weighted by Gasteiger charge is -2.30. The lowest BCUT2D eigenvalue weighted by atomic mass is 9.76. The first-order chi connectivity index (χ1) is 23.3. The highest BCUT2D eigenvalue weighted by atomic mass is 19.1. The maximum absolute atomic E-state index is 16.4. The highest BCUT2D eigenvalue weighted by molar-refractivity contribution is 5.93. The number of allylic oxidation sites excluding steroid dienone is 7. The van der Waals surface area contributed by atoms with Gasteiger partial charge in [-0.2, -0.15) is 4.98 Å². The molecule has 1 aliphatic rings. The molecule has 0 bridgehead atoms. The number of fused-ring (bicyclic) bond motifs is 1. The Bertz CT molecular complexity index is 1460. The first-order valence-electron chi connectivity index (χ1n) is 18.8. The van der Waals surface area contributed by atoms with E-state index in [2.05, 4.69) is 84.9 Å². The SMILES string of the molecule is C=C(/C(C(C)=C(C)C)=C(C)\C(C)=C/C)c1c(CC)c(CO)c2cnc(OCC3(CC)CC3)nc2c1F.CC.CCCC(CC)(CC)CCO. The second-order valence-electron chi connectivity index (χ2n) is 13.7. The molecule has 2 N–H and O–H groups in total. The Labute approximate surface area is 298 Å². The first kappa shape index (κ1) is 44.2. The highest BCUT2D eigenvalue weighted by Crippen LogP contribution is 2.48. The van der Waals surface area contributed by atoms with E-state index in [9.17, 15) is 5.11 Å². The lowest BCUT2D eigenvalue weighted by Crippen LogP contribution is -2.20. The van der Waals surface area contributed by atoms with Crippen LogP contribution in [-0.4, -0.2) is 33.4 Å². The second-order valence-corrected chi connectivity index (χ2v) is 13.7. The Balaban J connectivity index is 0.000000786. The molecule has 3 rings (SSSR count). The number of nitrogens with zero attached hydrogens (tertiary/aromatic N) is 2. The molecular formula is C43H69FN2O3. The summed E-state index contributed by atoms with van der Waals surface area (Å²) in [6, 6.07) is 0.169. The van der Waals surface area contributed by atoms with E-state index in [4.69, 9.17) is 9.84 Å². The zero-order chi connectivity index (χ0) is 37.5. The number of aliphatic hydroxyl groups is 2. The van der Waals surface area contributed by atoms with Crippen molar-refractivity contribution in [2.45, 2.75) is 154 Å². The second kappa shape index (κ2) is 20.7. The summed E-state index contributed by atoms with van der Waals surface area (Å²) < 4.78 is 22.4. The van der Waals surface area contributed by atoms with Crippen LogP contribution >= 0.6 is 0 Å². The molecule has 1 fully saturated rings. The van der Waals surface area contributed by atoms with Gasteiger partial charge in [0, 0.05) is 29.2 Å². The third kappa shape index (κ3) is 10.8. The summed E-state index contributed by atoms with van der Waals surface area (Å²) in [5, 5.41) is 19.8. The predicted octanol–water partition coefficient (Wildman–Crippen LogP) is 12.0. The Morgan fingerprint density at radius 2 is 1.59 bits per heavy atom. The van der Waals surface area contributed by atoms with E-state index < -0.39 is 5.82 Å². The third-order valence-electron chi connectivity index (χ3n) is 11.0. The highest BCUT2D eigenvalue weighted by Gasteiger charge is 2.41. The molecule has 6 heteroatoms. The van der Waals surface area contributed by atoms with Gasteiger partial charge in [-0.3, -0.25) is 0 Å². The lowest BCUT2D eigenvalue weighted by molar-refractivity contribution is 0.155. The zero-order valence-corrected chi connectivity index (χ0v) is 33.4. The van der Waals surface area contributed by atoms with Gasteiger partial charge in [0.25, 0.3) is 0 Å². The minimum atomic E-state index is -0.446. The molecule has 1 aliphatic carbocycles. The van der Waals surface area contributed by atoms with Crippen molar-refractivity contribution in [1.29, 1.82) is 0 Å². The molecule has 0 aliphatic heterocycles. The summed E-state index contributed by atoms with van der Waals surface area (Å²) in [5.41, 5.74) is 8.45. The maximum atomic E-state index is 16.4. The zero-order valence-electron chi connectivity index (χ0n) is 33.4. The van der Waals surface area contributed by atoms with Gasteiger partial charge in [0.1, 0.15) is 5.52 Å². The van der Waals surface area contributed by atoms with Crippen LogP contribution in [-0.2, 0) is 13.0 Å².